The van der Waals surface area contributed by atoms with Crippen LogP contribution in [0, 0.1) is 5.92 Å². The van der Waals surface area contributed by atoms with Gasteiger partial charge in [-0.3, -0.25) is 4.79 Å². The van der Waals surface area contributed by atoms with Crippen molar-refractivity contribution < 1.29 is 19.8 Å². The molecule has 0 aliphatic rings. The van der Waals surface area contributed by atoms with Gasteiger partial charge in [0.15, 0.2) is 0 Å². The lowest BCUT2D eigenvalue weighted by atomic mass is 10.1. The van der Waals surface area contributed by atoms with Crippen LogP contribution in [0.5, 0.6) is 0 Å². The predicted molar refractivity (Wildman–Crippen MR) is 80.8 cm³/mol. The standard InChI is InChI=1S/C14H19ClN2O4/c1-8(7-18)9(2)16-6-13(19)17-12-5-10(14(20)21)3-4-11(12)15/h3-5,8-9,16,18H,6-7H2,1-2H3,(H,17,19)(H,20,21). The summed E-state index contributed by atoms with van der Waals surface area (Å²) in [6.45, 7) is 3.80. The maximum absolute atomic E-state index is 11.8. The van der Waals surface area contributed by atoms with Gasteiger partial charge in [0, 0.05) is 12.6 Å². The van der Waals surface area contributed by atoms with Crippen LogP contribution in [0.4, 0.5) is 5.69 Å². The molecule has 0 saturated carbocycles. The predicted octanol–water partition coefficient (Wildman–Crippen LogP) is 1.58. The summed E-state index contributed by atoms with van der Waals surface area (Å²) in [7, 11) is 0. The molecule has 1 aromatic carbocycles. The van der Waals surface area contributed by atoms with Crippen molar-refractivity contribution in [1.82, 2.24) is 5.32 Å². The number of carboxylic acid groups (broad SMARTS) is 1. The molecule has 0 aliphatic carbocycles. The molecule has 0 fully saturated rings. The van der Waals surface area contributed by atoms with Crippen LogP contribution in [0.25, 0.3) is 0 Å². The van der Waals surface area contributed by atoms with E-state index in [4.69, 9.17) is 21.8 Å². The highest BCUT2D eigenvalue weighted by molar-refractivity contribution is 6.33. The summed E-state index contributed by atoms with van der Waals surface area (Å²) in [5, 5.41) is 23.7. The van der Waals surface area contributed by atoms with Crippen molar-refractivity contribution in [2.24, 2.45) is 5.92 Å². The summed E-state index contributed by atoms with van der Waals surface area (Å²) in [5.74, 6) is -1.40. The molecule has 0 heterocycles. The Kier molecular flexibility index (Phi) is 6.61. The van der Waals surface area contributed by atoms with Gasteiger partial charge in [0.05, 0.1) is 22.8 Å². The highest BCUT2D eigenvalue weighted by Gasteiger charge is 2.13. The van der Waals surface area contributed by atoms with Gasteiger partial charge in [-0.1, -0.05) is 18.5 Å². The monoisotopic (exact) mass is 314 g/mol. The lowest BCUT2D eigenvalue weighted by Gasteiger charge is -2.19. The molecule has 0 aliphatic heterocycles. The minimum absolute atomic E-state index is 0.0247. The minimum atomic E-state index is -1.09. The van der Waals surface area contributed by atoms with Gasteiger partial charge in [0.2, 0.25) is 5.91 Å². The Morgan fingerprint density at radius 1 is 1.33 bits per heavy atom. The average Bonchev–Trinajstić information content (AvgIpc) is 2.45. The number of carbonyl (C=O) groups excluding carboxylic acids is 1. The van der Waals surface area contributed by atoms with Crippen LogP contribution in [0.3, 0.4) is 0 Å². The van der Waals surface area contributed by atoms with Gasteiger partial charge in [0.25, 0.3) is 0 Å². The molecule has 1 aromatic rings. The Morgan fingerprint density at radius 2 is 2.00 bits per heavy atom. The first-order chi connectivity index (χ1) is 9.85. The molecule has 0 spiro atoms. The lowest BCUT2D eigenvalue weighted by Crippen LogP contribution is -2.39. The molecule has 2 atom stereocenters. The Morgan fingerprint density at radius 3 is 2.57 bits per heavy atom. The van der Waals surface area contributed by atoms with Gasteiger partial charge in [-0.25, -0.2) is 4.79 Å². The second kappa shape index (κ2) is 7.97. The van der Waals surface area contributed by atoms with E-state index in [9.17, 15) is 9.59 Å². The Labute approximate surface area is 128 Å². The van der Waals surface area contributed by atoms with Crippen LogP contribution in [0.1, 0.15) is 24.2 Å². The molecule has 7 heteroatoms. The van der Waals surface area contributed by atoms with E-state index in [2.05, 4.69) is 10.6 Å². The van der Waals surface area contributed by atoms with Gasteiger partial charge >= 0.3 is 5.97 Å². The van der Waals surface area contributed by atoms with E-state index in [1.807, 2.05) is 13.8 Å². The van der Waals surface area contributed by atoms with E-state index in [-0.39, 0.29) is 47.3 Å². The molecule has 1 rings (SSSR count). The van der Waals surface area contributed by atoms with Crippen LogP contribution in [0.15, 0.2) is 18.2 Å². The number of anilines is 1. The molecular formula is C14H19ClN2O4. The smallest absolute Gasteiger partial charge is 0.335 e. The van der Waals surface area contributed by atoms with E-state index in [1.54, 1.807) is 0 Å². The molecule has 6 nitrogen and oxygen atoms in total. The number of aliphatic hydroxyl groups is 1. The number of aliphatic hydroxyl groups excluding tert-OH is 1. The molecule has 4 N–H and O–H groups in total. The maximum Gasteiger partial charge on any atom is 0.335 e. The number of rotatable bonds is 7. The highest BCUT2D eigenvalue weighted by atomic mass is 35.5. The van der Waals surface area contributed by atoms with Crippen LogP contribution in [-0.4, -0.2) is 41.3 Å². The number of aromatic carboxylic acids is 1. The quantitative estimate of drug-likeness (QED) is 0.612. The molecule has 0 saturated heterocycles. The first kappa shape index (κ1) is 17.4. The van der Waals surface area contributed by atoms with E-state index in [1.165, 1.54) is 18.2 Å². The fourth-order valence-electron chi connectivity index (χ4n) is 1.56. The fraction of sp³-hybridized carbons (Fsp3) is 0.429. The van der Waals surface area contributed by atoms with Crippen molar-refractivity contribution in [2.45, 2.75) is 19.9 Å². The summed E-state index contributed by atoms with van der Waals surface area (Å²) in [4.78, 5) is 22.7. The number of hydrogen-bond donors (Lipinski definition) is 4. The second-order valence-electron chi connectivity index (χ2n) is 4.88. The molecule has 0 radical (unpaired) electrons. The summed E-state index contributed by atoms with van der Waals surface area (Å²) in [6, 6.07) is 4.07. The van der Waals surface area contributed by atoms with Crippen molar-refractivity contribution in [1.29, 1.82) is 0 Å². The number of carboxylic acids is 1. The first-order valence-corrected chi connectivity index (χ1v) is 6.90. The number of amides is 1. The zero-order valence-corrected chi connectivity index (χ0v) is 12.6. The Hall–Kier alpha value is -1.63. The average molecular weight is 315 g/mol. The first-order valence-electron chi connectivity index (χ1n) is 6.52. The third-order valence-corrected chi connectivity index (χ3v) is 3.54. The van der Waals surface area contributed by atoms with E-state index in [0.717, 1.165) is 0 Å². The second-order valence-corrected chi connectivity index (χ2v) is 5.28. The molecule has 0 aromatic heterocycles. The van der Waals surface area contributed by atoms with Crippen molar-refractivity contribution in [3.05, 3.63) is 28.8 Å². The topological polar surface area (TPSA) is 98.7 Å². The number of nitrogens with one attached hydrogen (secondary N) is 2. The third-order valence-electron chi connectivity index (χ3n) is 3.21. The minimum Gasteiger partial charge on any atom is -0.478 e. The van der Waals surface area contributed by atoms with Crippen molar-refractivity contribution in [2.75, 3.05) is 18.5 Å². The van der Waals surface area contributed by atoms with Gasteiger partial charge in [-0.2, -0.15) is 0 Å². The van der Waals surface area contributed by atoms with Gasteiger partial charge in [0.1, 0.15) is 0 Å². The van der Waals surface area contributed by atoms with Crippen molar-refractivity contribution in [3.63, 3.8) is 0 Å². The van der Waals surface area contributed by atoms with Gasteiger partial charge < -0.3 is 20.8 Å². The molecular weight excluding hydrogens is 296 g/mol. The molecule has 1 amide bonds. The van der Waals surface area contributed by atoms with E-state index < -0.39 is 5.97 Å². The van der Waals surface area contributed by atoms with E-state index >= 15 is 0 Å². The zero-order valence-electron chi connectivity index (χ0n) is 11.9. The summed E-state index contributed by atoms with van der Waals surface area (Å²) in [6.07, 6.45) is 0. The maximum atomic E-state index is 11.8. The molecule has 0 bridgehead atoms. The number of hydrogen-bond acceptors (Lipinski definition) is 4. The zero-order chi connectivity index (χ0) is 16.0. The van der Waals surface area contributed by atoms with Gasteiger partial charge in [-0.15, -0.1) is 0 Å². The van der Waals surface area contributed by atoms with Crippen LogP contribution in [-0.2, 0) is 4.79 Å². The Bertz CT molecular complexity index is 522. The SMILES string of the molecule is CC(CO)C(C)NCC(=O)Nc1cc(C(=O)O)ccc1Cl. The molecule has 2 unspecified atom stereocenters. The van der Waals surface area contributed by atoms with Crippen molar-refractivity contribution in [3.8, 4) is 0 Å². The fourth-order valence-corrected chi connectivity index (χ4v) is 1.73. The molecule has 21 heavy (non-hydrogen) atoms. The van der Waals surface area contributed by atoms with Crippen LogP contribution in [0.2, 0.25) is 5.02 Å². The third kappa shape index (κ3) is 5.34. The number of carbonyl (C=O) groups is 2. The van der Waals surface area contributed by atoms with Gasteiger partial charge in [-0.05, 0) is 31.0 Å². The number of benzene rings is 1. The molecule has 116 valence electrons. The van der Waals surface area contributed by atoms with Crippen molar-refractivity contribution >= 4 is 29.2 Å². The Balaban J connectivity index is 2.62. The van der Waals surface area contributed by atoms with Crippen LogP contribution >= 0.6 is 11.6 Å². The summed E-state index contributed by atoms with van der Waals surface area (Å²) >= 11 is 5.92. The van der Waals surface area contributed by atoms with E-state index in [0.29, 0.717) is 0 Å². The normalized spacial score (nSPS) is 13.5. The highest BCUT2D eigenvalue weighted by Crippen LogP contribution is 2.23. The summed E-state index contributed by atoms with van der Waals surface area (Å²) in [5.41, 5.74) is 0.302. The lowest BCUT2D eigenvalue weighted by molar-refractivity contribution is -0.115. The van der Waals surface area contributed by atoms with Crippen LogP contribution < -0.4 is 10.6 Å². The largest absolute Gasteiger partial charge is 0.478 e. The number of halogens is 1. The summed E-state index contributed by atoms with van der Waals surface area (Å²) < 4.78 is 0.